The van der Waals surface area contributed by atoms with Crippen molar-refractivity contribution in [2.45, 2.75) is 38.4 Å². The van der Waals surface area contributed by atoms with Crippen molar-refractivity contribution < 1.29 is 22.8 Å². The van der Waals surface area contributed by atoms with E-state index in [0.717, 1.165) is 43.4 Å². The summed E-state index contributed by atoms with van der Waals surface area (Å²) in [5, 5.41) is 9.69. The lowest BCUT2D eigenvalue weighted by Gasteiger charge is -2.13. The highest BCUT2D eigenvalue weighted by atomic mass is 35.5. The topological polar surface area (TPSA) is 96.0 Å². The molecule has 11 heteroatoms. The number of aromatic nitrogens is 2. The Hall–Kier alpha value is -4.18. The molecule has 0 spiro atoms. The third-order valence-corrected chi connectivity index (χ3v) is 7.46. The molecule has 1 aliphatic rings. The first kappa shape index (κ1) is 28.4. The van der Waals surface area contributed by atoms with Crippen molar-refractivity contribution in [3.63, 3.8) is 0 Å². The minimum absolute atomic E-state index is 0.0261. The number of rotatable bonds is 7. The highest BCUT2D eigenvalue weighted by Crippen LogP contribution is 2.32. The summed E-state index contributed by atoms with van der Waals surface area (Å²) in [4.78, 5) is 34.6. The maximum absolute atomic E-state index is 13.2. The van der Waals surface area contributed by atoms with Gasteiger partial charge in [-0.3, -0.25) is 9.59 Å². The molecule has 1 saturated carbocycles. The molecule has 0 bridgehead atoms. The van der Waals surface area contributed by atoms with Gasteiger partial charge < -0.3 is 16.0 Å². The third kappa shape index (κ3) is 6.43. The average Bonchev–Trinajstić information content (AvgIpc) is 3.51. The van der Waals surface area contributed by atoms with Gasteiger partial charge in [0.2, 0.25) is 5.91 Å². The number of benzene rings is 3. The summed E-state index contributed by atoms with van der Waals surface area (Å²) in [6.07, 6.45) is -0.512. The van der Waals surface area contributed by atoms with E-state index in [0.29, 0.717) is 34.5 Å². The van der Waals surface area contributed by atoms with Gasteiger partial charge in [-0.05, 0) is 60.9 Å². The van der Waals surface area contributed by atoms with Gasteiger partial charge in [0.1, 0.15) is 5.82 Å². The first-order valence-electron chi connectivity index (χ1n) is 13.2. The zero-order valence-corrected chi connectivity index (χ0v) is 22.9. The Kier molecular flexibility index (Phi) is 8.12. The Morgan fingerprint density at radius 2 is 1.71 bits per heavy atom. The van der Waals surface area contributed by atoms with Crippen LogP contribution in [0.1, 0.15) is 47.2 Å². The highest BCUT2D eigenvalue weighted by molar-refractivity contribution is 6.34. The van der Waals surface area contributed by atoms with E-state index in [1.807, 2.05) is 0 Å². The molecule has 3 N–H and O–H groups in total. The van der Waals surface area contributed by atoms with Crippen LogP contribution in [0.3, 0.4) is 0 Å². The Bertz CT molecular complexity index is 1600. The summed E-state index contributed by atoms with van der Waals surface area (Å²) in [5.41, 5.74) is 1.57. The summed E-state index contributed by atoms with van der Waals surface area (Å²) in [5.74, 6) is 0.347. The molecule has 212 valence electrons. The number of fused-ring (bicyclic) bond motifs is 1. The van der Waals surface area contributed by atoms with Gasteiger partial charge in [0.25, 0.3) is 5.91 Å². The Labute approximate surface area is 239 Å². The molecule has 5 rings (SSSR count). The van der Waals surface area contributed by atoms with E-state index in [4.69, 9.17) is 11.6 Å². The summed E-state index contributed by atoms with van der Waals surface area (Å²) >= 11 is 6.34. The van der Waals surface area contributed by atoms with Crippen molar-refractivity contribution in [2.24, 2.45) is 5.92 Å². The molecule has 1 aliphatic carbocycles. The maximum atomic E-state index is 13.2. The van der Waals surface area contributed by atoms with Crippen molar-refractivity contribution in [3.8, 4) is 11.4 Å². The summed E-state index contributed by atoms with van der Waals surface area (Å²) in [7, 11) is 1.68. The van der Waals surface area contributed by atoms with Gasteiger partial charge in [0.05, 0.1) is 21.7 Å². The number of alkyl halides is 3. The van der Waals surface area contributed by atoms with Crippen LogP contribution in [0.2, 0.25) is 5.02 Å². The average molecular weight is 582 g/mol. The number of carbonyl (C=O) groups excluding carboxylic acids is 2. The molecular formula is C30H27ClF3N5O2. The van der Waals surface area contributed by atoms with E-state index in [9.17, 15) is 22.8 Å². The number of halogens is 4. The minimum Gasteiger partial charge on any atom is -0.373 e. The van der Waals surface area contributed by atoms with E-state index in [1.54, 1.807) is 43.4 Å². The number of anilines is 2. The van der Waals surface area contributed by atoms with E-state index >= 15 is 0 Å². The molecule has 4 aromatic rings. The van der Waals surface area contributed by atoms with E-state index in [2.05, 4.69) is 25.9 Å². The molecule has 0 saturated heterocycles. The van der Waals surface area contributed by atoms with Crippen LogP contribution in [0.4, 0.5) is 24.7 Å². The Morgan fingerprint density at radius 3 is 2.39 bits per heavy atom. The molecule has 1 aromatic heterocycles. The van der Waals surface area contributed by atoms with Crippen molar-refractivity contribution in [1.29, 1.82) is 0 Å². The fourth-order valence-corrected chi connectivity index (χ4v) is 5.12. The predicted octanol–water partition coefficient (Wildman–Crippen LogP) is 7.07. The molecule has 3 aromatic carbocycles. The maximum Gasteiger partial charge on any atom is 0.416 e. The molecule has 41 heavy (non-hydrogen) atoms. The number of nitrogens with one attached hydrogen (secondary N) is 3. The largest absolute Gasteiger partial charge is 0.416 e. The van der Waals surface area contributed by atoms with Crippen molar-refractivity contribution >= 4 is 45.8 Å². The molecule has 0 aliphatic heterocycles. The molecule has 0 atom stereocenters. The van der Waals surface area contributed by atoms with Crippen LogP contribution in [-0.2, 0) is 17.5 Å². The number of hydrogen-bond acceptors (Lipinski definition) is 5. The molecule has 0 unspecified atom stereocenters. The van der Waals surface area contributed by atoms with Crippen LogP contribution in [0.25, 0.3) is 22.3 Å². The van der Waals surface area contributed by atoms with Crippen molar-refractivity contribution in [3.05, 3.63) is 82.4 Å². The van der Waals surface area contributed by atoms with Gasteiger partial charge >= 0.3 is 6.18 Å². The van der Waals surface area contributed by atoms with Gasteiger partial charge in [-0.25, -0.2) is 9.97 Å². The quantitative estimate of drug-likeness (QED) is 0.217. The second-order valence-electron chi connectivity index (χ2n) is 9.92. The van der Waals surface area contributed by atoms with Crippen LogP contribution in [0.15, 0.2) is 60.7 Å². The standard InChI is InChI=1S/C30H27ClF3N5O2/c1-35-27-22-12-11-21(15-25(22)38-26(39-27)18-7-9-20(10-8-18)30(32,33)34)37-29(41)23-14-17(6-13-24(23)31)16-36-28(40)19-4-2-3-5-19/h6-15,19H,2-5,16H2,1H3,(H,36,40)(H,37,41)(H,35,38,39). The molecule has 1 fully saturated rings. The normalized spacial score (nSPS) is 13.8. The monoisotopic (exact) mass is 581 g/mol. The minimum atomic E-state index is -4.45. The smallest absolute Gasteiger partial charge is 0.373 e. The third-order valence-electron chi connectivity index (χ3n) is 7.13. The summed E-state index contributed by atoms with van der Waals surface area (Å²) in [6, 6.07) is 14.7. The van der Waals surface area contributed by atoms with Gasteiger partial charge in [0.15, 0.2) is 5.82 Å². The zero-order chi connectivity index (χ0) is 29.1. The van der Waals surface area contributed by atoms with Gasteiger partial charge in [-0.1, -0.05) is 42.6 Å². The summed E-state index contributed by atoms with van der Waals surface area (Å²) in [6.45, 7) is 0.291. The molecule has 7 nitrogen and oxygen atoms in total. The first-order chi connectivity index (χ1) is 19.6. The van der Waals surface area contributed by atoms with Crippen LogP contribution in [0, 0.1) is 5.92 Å². The number of carbonyl (C=O) groups is 2. The zero-order valence-electron chi connectivity index (χ0n) is 22.1. The van der Waals surface area contributed by atoms with Crippen LogP contribution in [-0.4, -0.2) is 28.8 Å². The van der Waals surface area contributed by atoms with Crippen LogP contribution >= 0.6 is 11.6 Å². The van der Waals surface area contributed by atoms with Gasteiger partial charge in [-0.2, -0.15) is 13.2 Å². The lowest BCUT2D eigenvalue weighted by atomic mass is 10.1. The lowest BCUT2D eigenvalue weighted by Crippen LogP contribution is -2.28. The molecule has 0 radical (unpaired) electrons. The Morgan fingerprint density at radius 1 is 0.976 bits per heavy atom. The van der Waals surface area contributed by atoms with Crippen molar-refractivity contribution in [1.82, 2.24) is 15.3 Å². The Balaban J connectivity index is 1.36. The number of hydrogen-bond donors (Lipinski definition) is 3. The first-order valence-corrected chi connectivity index (χ1v) is 13.5. The van der Waals surface area contributed by atoms with E-state index < -0.39 is 17.6 Å². The van der Waals surface area contributed by atoms with E-state index in [1.165, 1.54) is 12.1 Å². The number of amides is 2. The van der Waals surface area contributed by atoms with Gasteiger partial charge in [0, 0.05) is 36.1 Å². The second-order valence-corrected chi connectivity index (χ2v) is 10.3. The highest BCUT2D eigenvalue weighted by Gasteiger charge is 2.30. The number of nitrogens with zero attached hydrogens (tertiary/aromatic N) is 2. The fourth-order valence-electron chi connectivity index (χ4n) is 4.91. The summed E-state index contributed by atoms with van der Waals surface area (Å²) < 4.78 is 39.0. The molecule has 2 amide bonds. The molecule has 1 heterocycles. The van der Waals surface area contributed by atoms with Gasteiger partial charge in [-0.15, -0.1) is 0 Å². The van der Waals surface area contributed by atoms with Crippen LogP contribution < -0.4 is 16.0 Å². The molecular weight excluding hydrogens is 555 g/mol. The SMILES string of the molecule is CNc1nc(-c2ccc(C(F)(F)F)cc2)nc2cc(NC(=O)c3cc(CNC(=O)C4CCCC4)ccc3Cl)ccc12. The van der Waals surface area contributed by atoms with Crippen molar-refractivity contribution in [2.75, 3.05) is 17.7 Å². The predicted molar refractivity (Wildman–Crippen MR) is 153 cm³/mol. The van der Waals surface area contributed by atoms with E-state index in [-0.39, 0.29) is 28.2 Å². The second kappa shape index (κ2) is 11.7. The fraction of sp³-hybridized carbons (Fsp3) is 0.267. The van der Waals surface area contributed by atoms with Crippen LogP contribution in [0.5, 0.6) is 0 Å². The lowest BCUT2D eigenvalue weighted by molar-refractivity contribution is -0.137.